The van der Waals surface area contributed by atoms with E-state index in [9.17, 15) is 4.39 Å². The first kappa shape index (κ1) is 61.9. The van der Waals surface area contributed by atoms with E-state index >= 15 is 0 Å². The molecule has 24 nitrogen and oxygen atoms in total. The molecule has 8 rings (SSSR count). The van der Waals surface area contributed by atoms with Crippen LogP contribution in [0.2, 0.25) is 5.02 Å². The normalized spacial score (nSPS) is 10.8. The number of rotatable bonds is 17. The van der Waals surface area contributed by atoms with Gasteiger partial charge in [0, 0.05) is 27.0 Å². The molecule has 12 N–H and O–H groups in total. The second-order valence-corrected chi connectivity index (χ2v) is 17.9. The van der Waals surface area contributed by atoms with Crippen LogP contribution < -0.4 is 44.2 Å². The van der Waals surface area contributed by atoms with Crippen molar-refractivity contribution < 1.29 is 23.7 Å². The van der Waals surface area contributed by atoms with E-state index in [0.29, 0.717) is 73.7 Å². The second kappa shape index (κ2) is 31.5. The molecule has 4 aromatic carbocycles. The van der Waals surface area contributed by atoms with Crippen LogP contribution in [0, 0.1) is 40.4 Å². The molecule has 0 saturated heterocycles. The van der Waals surface area contributed by atoms with Crippen LogP contribution in [0.3, 0.4) is 0 Å². The van der Waals surface area contributed by atoms with Crippen molar-refractivity contribution in [3.05, 3.63) is 159 Å². The molecule has 0 unspecified atom stereocenters. The molecule has 0 radical (unpaired) electrons. The number of nitrogens with one attached hydrogen (secondary N) is 4. The lowest BCUT2D eigenvalue weighted by Crippen LogP contribution is -2.06. The van der Waals surface area contributed by atoms with Crippen molar-refractivity contribution in [2.24, 2.45) is 20.6 Å². The molecule has 4 aromatic heterocycles. The molecule has 8 aromatic rings. The van der Waals surface area contributed by atoms with Crippen LogP contribution in [0.5, 0.6) is 0 Å². The second-order valence-electron chi connectivity index (χ2n) is 16.7. The van der Waals surface area contributed by atoms with Crippen molar-refractivity contribution in [3.8, 4) is 0 Å². The zero-order valence-electron chi connectivity index (χ0n) is 46.0. The van der Waals surface area contributed by atoms with Gasteiger partial charge in [0.25, 0.3) is 0 Å². The summed E-state index contributed by atoms with van der Waals surface area (Å²) in [5.74, 6) is 2.88. The lowest BCUT2D eigenvalue weighted by atomic mass is 10.0. The summed E-state index contributed by atoms with van der Waals surface area (Å²) in [6.45, 7) is 9.96. The highest BCUT2D eigenvalue weighted by atomic mass is 35.5. The Balaban J connectivity index is 0.000000198. The zero-order valence-corrected chi connectivity index (χ0v) is 47.6. The number of benzene rings is 4. The fourth-order valence-corrected chi connectivity index (χ4v) is 7.67. The maximum Gasteiger partial charge on any atom is 0.146 e. The first-order valence-corrected chi connectivity index (χ1v) is 25.6. The number of hydrogen-bond donors (Lipinski definition) is 8. The number of nitrogens with two attached hydrogens (primary N) is 4. The van der Waals surface area contributed by atoms with E-state index in [1.807, 2.05) is 62.6 Å². The number of aromatic nitrogens is 8. The highest BCUT2D eigenvalue weighted by Crippen LogP contribution is 2.30. The predicted octanol–water partition coefficient (Wildman–Crippen LogP) is 10.2. The van der Waals surface area contributed by atoms with Gasteiger partial charge in [0.1, 0.15) is 106 Å². The van der Waals surface area contributed by atoms with Gasteiger partial charge < -0.3 is 63.6 Å². The largest absolute Gasteiger partial charge is 0.399 e. The van der Waals surface area contributed by atoms with Gasteiger partial charge in [-0.05, 0) is 106 Å². The van der Waals surface area contributed by atoms with Crippen LogP contribution >= 0.6 is 23.4 Å². The molecule has 0 fully saturated rings. The van der Waals surface area contributed by atoms with E-state index in [0.717, 1.165) is 44.2 Å². The Morgan fingerprint density at radius 1 is 0.494 bits per heavy atom. The molecule has 0 saturated carbocycles. The van der Waals surface area contributed by atoms with Crippen LogP contribution in [0.4, 0.5) is 73.7 Å². The van der Waals surface area contributed by atoms with Crippen LogP contribution in [0.1, 0.15) is 50.1 Å². The van der Waals surface area contributed by atoms with Gasteiger partial charge in [-0.3, -0.25) is 0 Å². The number of anilines is 12. The molecule has 0 atom stereocenters. The van der Waals surface area contributed by atoms with Crippen molar-refractivity contribution in [1.29, 1.82) is 0 Å². The molecule has 27 heteroatoms. The van der Waals surface area contributed by atoms with Gasteiger partial charge in [-0.1, -0.05) is 68.1 Å². The van der Waals surface area contributed by atoms with Crippen molar-refractivity contribution in [1.82, 2.24) is 39.9 Å². The first-order valence-electron chi connectivity index (χ1n) is 24.0. The van der Waals surface area contributed by atoms with Gasteiger partial charge >= 0.3 is 0 Å². The SMILES string of the molecule is CO/N=C/c1c(N)ncnc1Nc1c(C)cc(C)cc1C.CO/N=C/c1c(N)ncnc1Nc1cc(C)ccc1F.CO/N=C/c1c(N)ncnc1Nc1cccc(Cl)c1C.CO/N=C/c1c(N)ncnc1Nc1cccc(SC)c1. The smallest absolute Gasteiger partial charge is 0.146 e. The molecule has 0 amide bonds. The number of nitrogen functional groups attached to an aromatic ring is 4. The molecule has 0 aliphatic heterocycles. The van der Waals surface area contributed by atoms with Crippen molar-refractivity contribution in [3.63, 3.8) is 0 Å². The average Bonchev–Trinajstić information content (AvgIpc) is 3.44. The fraction of sp³-hybridized carbons (Fsp3) is 0.185. The van der Waals surface area contributed by atoms with Gasteiger partial charge in [-0.25, -0.2) is 44.3 Å². The Morgan fingerprint density at radius 3 is 1.36 bits per heavy atom. The highest BCUT2D eigenvalue weighted by molar-refractivity contribution is 7.98. The van der Waals surface area contributed by atoms with E-state index in [4.69, 9.17) is 39.4 Å². The minimum absolute atomic E-state index is 0.219. The maximum atomic E-state index is 13.7. The van der Waals surface area contributed by atoms with E-state index in [2.05, 4.69) is 129 Å². The summed E-state index contributed by atoms with van der Waals surface area (Å²) in [5.41, 5.74) is 33.8. The van der Waals surface area contributed by atoms with Gasteiger partial charge in [0.05, 0.1) is 52.8 Å². The van der Waals surface area contributed by atoms with E-state index in [1.165, 1.54) is 90.2 Å². The standard InChI is InChI=1S/C15H19N5O.C13H14ClN5O.C13H14FN5O.C13H15N5OS/c1-9-5-10(2)13(11(3)6-9)20-15-12(7-19-21-4)14(16)17-8-18-15;1-8-10(14)4-3-5-11(8)19-13-9(6-18-20-2)12(15)16-7-17-13;1-8-3-4-10(14)11(5-8)19-13-9(6-18-20-2)12(15)16-7-17-13;1-19-17-7-11-12(14)15-8-16-13(11)18-9-4-3-5-10(6-9)20-2/h5-8H,1-4H3,(H3,16,17,18,20);2*3-7H,1-2H3,(H3,15,16,17,19);3-8H,1-2H3,(H3,14,15,16,18)/b19-7+;2*18-6+;17-7+. The molecule has 0 aliphatic rings. The Labute approximate surface area is 477 Å². The monoisotopic (exact) mass is 1140 g/mol. The van der Waals surface area contributed by atoms with Crippen LogP contribution in [-0.4, -0.2) is 99.4 Å². The summed E-state index contributed by atoms with van der Waals surface area (Å²) in [4.78, 5) is 52.1. The van der Waals surface area contributed by atoms with Gasteiger partial charge in [-0.15, -0.1) is 11.8 Å². The molecule has 0 bridgehead atoms. The van der Waals surface area contributed by atoms with E-state index in [-0.39, 0.29) is 11.6 Å². The Kier molecular flexibility index (Phi) is 24.0. The summed E-state index contributed by atoms with van der Waals surface area (Å²) >= 11 is 7.76. The fourth-order valence-electron chi connectivity index (χ4n) is 7.03. The predicted molar refractivity (Wildman–Crippen MR) is 324 cm³/mol. The number of nitrogens with zero attached hydrogens (tertiary/aromatic N) is 12. The molecule has 4 heterocycles. The summed E-state index contributed by atoms with van der Waals surface area (Å²) in [6.07, 6.45) is 13.3. The lowest BCUT2D eigenvalue weighted by molar-refractivity contribution is 0.215. The van der Waals surface area contributed by atoms with Crippen molar-refractivity contribution >= 4 is 118 Å². The van der Waals surface area contributed by atoms with Crippen molar-refractivity contribution in [2.45, 2.75) is 39.5 Å². The number of halogens is 2. The van der Waals surface area contributed by atoms with Crippen molar-refractivity contribution in [2.75, 3.05) is 78.9 Å². The van der Waals surface area contributed by atoms with Gasteiger partial charge in [0.15, 0.2) is 0 Å². The maximum absolute atomic E-state index is 13.7. The Morgan fingerprint density at radius 2 is 0.914 bits per heavy atom. The summed E-state index contributed by atoms with van der Waals surface area (Å²) in [7, 11) is 5.79. The molecule has 0 aliphatic carbocycles. The summed E-state index contributed by atoms with van der Waals surface area (Å²) in [5, 5.41) is 28.0. The summed E-state index contributed by atoms with van der Waals surface area (Å²) < 4.78 is 13.7. The van der Waals surface area contributed by atoms with Gasteiger partial charge in [0.2, 0.25) is 0 Å². The van der Waals surface area contributed by atoms with E-state index in [1.54, 1.807) is 23.9 Å². The molecular weight excluding hydrogens is 1080 g/mol. The quantitative estimate of drug-likeness (QED) is 0.0239. The van der Waals surface area contributed by atoms with Crippen LogP contribution in [-0.2, 0) is 19.4 Å². The minimum atomic E-state index is -0.387. The first-order chi connectivity index (χ1) is 39.0. The van der Waals surface area contributed by atoms with Crippen LogP contribution in [0.15, 0.2) is 124 Å². The number of hydrogen-bond acceptors (Lipinski definition) is 25. The number of oxime groups is 4. The summed E-state index contributed by atoms with van der Waals surface area (Å²) in [6, 6.07) is 22.5. The Bertz CT molecular complexity index is 3420. The topological polar surface area (TPSA) is 342 Å². The third kappa shape index (κ3) is 18.3. The van der Waals surface area contributed by atoms with Crippen LogP contribution in [0.25, 0.3) is 0 Å². The molecular formula is C54H62ClFN20O4S. The zero-order chi connectivity index (χ0) is 58.8. The number of thioether (sulfide) groups is 1. The highest BCUT2D eigenvalue weighted by Gasteiger charge is 2.14. The van der Waals surface area contributed by atoms with Gasteiger partial charge in [-0.2, -0.15) is 0 Å². The minimum Gasteiger partial charge on any atom is -0.399 e. The third-order valence-corrected chi connectivity index (χ3v) is 12.1. The average molecular weight is 1140 g/mol. The Hall–Kier alpha value is -9.95. The third-order valence-electron chi connectivity index (χ3n) is 11.0. The molecule has 81 heavy (non-hydrogen) atoms. The molecule has 422 valence electrons. The van der Waals surface area contributed by atoms with E-state index < -0.39 is 0 Å². The molecule has 0 spiro atoms. The lowest BCUT2D eigenvalue weighted by Gasteiger charge is -2.15. The number of aryl methyl sites for hydroxylation is 4.